The quantitative estimate of drug-likeness (QED) is 0.695. The van der Waals surface area contributed by atoms with Crippen molar-refractivity contribution < 1.29 is 9.59 Å². The van der Waals surface area contributed by atoms with E-state index >= 15 is 0 Å². The highest BCUT2D eigenvalue weighted by molar-refractivity contribution is 6.30. The number of rotatable bonds is 5. The van der Waals surface area contributed by atoms with E-state index in [2.05, 4.69) is 10.6 Å². The molecule has 0 radical (unpaired) electrons. The van der Waals surface area contributed by atoms with Gasteiger partial charge in [-0.15, -0.1) is 11.6 Å². The highest BCUT2D eigenvalue weighted by atomic mass is 35.5. The maximum Gasteiger partial charge on any atom is 0.242 e. The fourth-order valence-corrected chi connectivity index (χ4v) is 1.23. The molecule has 4 nitrogen and oxygen atoms in total. The molecule has 15 heavy (non-hydrogen) atoms. The van der Waals surface area contributed by atoms with Gasteiger partial charge in [0.2, 0.25) is 11.8 Å². The number of hydrogen-bond donors (Lipinski definition) is 2. The second-order valence-corrected chi connectivity index (χ2v) is 4.58. The summed E-state index contributed by atoms with van der Waals surface area (Å²) < 4.78 is 0. The highest BCUT2D eigenvalue weighted by Gasteiger charge is 2.22. The van der Waals surface area contributed by atoms with E-state index in [-0.39, 0.29) is 11.8 Å². The van der Waals surface area contributed by atoms with Crippen LogP contribution in [0.1, 0.15) is 27.2 Å². The molecule has 0 aliphatic heterocycles. The Bertz CT molecular complexity index is 229. The van der Waals surface area contributed by atoms with Gasteiger partial charge in [0.1, 0.15) is 11.4 Å². The summed E-state index contributed by atoms with van der Waals surface area (Å²) in [5.74, 6) is -0.168. The van der Waals surface area contributed by atoms with Crippen LogP contribution >= 0.6 is 11.6 Å². The van der Waals surface area contributed by atoms with Gasteiger partial charge in [-0.1, -0.05) is 13.8 Å². The van der Waals surface area contributed by atoms with E-state index in [0.29, 0.717) is 12.3 Å². The van der Waals surface area contributed by atoms with E-state index in [4.69, 9.17) is 11.6 Å². The van der Waals surface area contributed by atoms with Gasteiger partial charge in [-0.25, -0.2) is 0 Å². The zero-order valence-electron chi connectivity index (χ0n) is 9.63. The molecule has 0 aliphatic carbocycles. The Labute approximate surface area is 95.7 Å². The Morgan fingerprint density at radius 1 is 1.20 bits per heavy atom. The van der Waals surface area contributed by atoms with Gasteiger partial charge in [0.05, 0.1) is 0 Å². The van der Waals surface area contributed by atoms with Crippen molar-refractivity contribution in [3.63, 3.8) is 0 Å². The molecule has 0 heterocycles. The maximum absolute atomic E-state index is 11.4. The third-order valence-electron chi connectivity index (χ3n) is 1.95. The lowest BCUT2D eigenvalue weighted by Crippen LogP contribution is -2.48. The van der Waals surface area contributed by atoms with Crippen LogP contribution in [-0.2, 0) is 9.59 Å². The predicted molar refractivity (Wildman–Crippen MR) is 60.8 cm³/mol. The van der Waals surface area contributed by atoms with E-state index in [1.807, 2.05) is 13.8 Å². The highest BCUT2D eigenvalue weighted by Crippen LogP contribution is 2.06. The summed E-state index contributed by atoms with van der Waals surface area (Å²) in [5, 5.41) is 4.51. The molecular formula is C10H19ClN2O2. The Morgan fingerprint density at radius 2 is 1.73 bits per heavy atom. The third-order valence-corrected chi connectivity index (χ3v) is 2.15. The zero-order valence-corrected chi connectivity index (χ0v) is 10.4. The first-order valence-corrected chi connectivity index (χ1v) is 5.48. The topological polar surface area (TPSA) is 58.2 Å². The second kappa shape index (κ2) is 6.67. The molecule has 88 valence electrons. The van der Waals surface area contributed by atoms with Crippen molar-refractivity contribution in [3.05, 3.63) is 0 Å². The minimum absolute atomic E-state index is 0.186. The Balaban J connectivity index is 4.37. The molecule has 5 heteroatoms. The van der Waals surface area contributed by atoms with Crippen molar-refractivity contribution in [1.82, 2.24) is 10.6 Å². The molecule has 2 unspecified atom stereocenters. The predicted octanol–water partition coefficient (Wildman–Crippen LogP) is 0.891. The molecule has 2 N–H and O–H groups in total. The van der Waals surface area contributed by atoms with Gasteiger partial charge >= 0.3 is 0 Å². The number of likely N-dealkylation sites (N-methyl/N-ethyl adjacent to an activating group) is 1. The fraction of sp³-hybridized carbons (Fsp3) is 0.800. The average molecular weight is 235 g/mol. The summed E-state index contributed by atoms with van der Waals surface area (Å²) in [4.78, 5) is 22.8. The van der Waals surface area contributed by atoms with Gasteiger partial charge in [0, 0.05) is 7.05 Å². The van der Waals surface area contributed by atoms with Gasteiger partial charge in [0.15, 0.2) is 0 Å². The van der Waals surface area contributed by atoms with Crippen LogP contribution in [0.4, 0.5) is 0 Å². The van der Waals surface area contributed by atoms with Gasteiger partial charge in [-0.05, 0) is 19.3 Å². The fourth-order valence-electron chi connectivity index (χ4n) is 1.16. The number of nitrogens with one attached hydrogen (secondary N) is 2. The number of hydrogen-bond acceptors (Lipinski definition) is 2. The van der Waals surface area contributed by atoms with Crippen molar-refractivity contribution in [2.45, 2.75) is 38.6 Å². The van der Waals surface area contributed by atoms with Crippen molar-refractivity contribution in [1.29, 1.82) is 0 Å². The van der Waals surface area contributed by atoms with Crippen LogP contribution in [0, 0.1) is 5.92 Å². The number of alkyl halides is 1. The number of halogens is 1. The van der Waals surface area contributed by atoms with Gasteiger partial charge in [-0.3, -0.25) is 9.59 Å². The average Bonchev–Trinajstić information content (AvgIpc) is 2.14. The van der Waals surface area contributed by atoms with E-state index in [9.17, 15) is 9.59 Å². The molecule has 0 fully saturated rings. The molecule has 2 amide bonds. The second-order valence-electron chi connectivity index (χ2n) is 3.92. The van der Waals surface area contributed by atoms with Crippen molar-refractivity contribution in [2.75, 3.05) is 7.05 Å². The zero-order chi connectivity index (χ0) is 12.0. The van der Waals surface area contributed by atoms with Crippen LogP contribution < -0.4 is 10.6 Å². The molecule has 2 atom stereocenters. The lowest BCUT2D eigenvalue weighted by Gasteiger charge is -2.19. The molecule has 0 spiro atoms. The SMILES string of the molecule is CNC(=O)C(CC(C)C)NC(=O)C(C)Cl. The van der Waals surface area contributed by atoms with Crippen molar-refractivity contribution in [3.8, 4) is 0 Å². The number of carbonyl (C=O) groups excluding carboxylic acids is 2. The van der Waals surface area contributed by atoms with Crippen LogP contribution in [0.15, 0.2) is 0 Å². The molecular weight excluding hydrogens is 216 g/mol. The summed E-state index contributed by atoms with van der Waals surface area (Å²) in [7, 11) is 1.55. The first-order chi connectivity index (χ1) is 6.88. The lowest BCUT2D eigenvalue weighted by atomic mass is 10.0. The first-order valence-electron chi connectivity index (χ1n) is 5.04. The van der Waals surface area contributed by atoms with E-state index in [1.165, 1.54) is 0 Å². The summed E-state index contributed by atoms with van der Waals surface area (Å²) in [6.45, 7) is 5.56. The van der Waals surface area contributed by atoms with Crippen molar-refractivity contribution >= 4 is 23.4 Å². The normalized spacial score (nSPS) is 14.5. The van der Waals surface area contributed by atoms with Gasteiger partial charge in [-0.2, -0.15) is 0 Å². The Morgan fingerprint density at radius 3 is 2.07 bits per heavy atom. The first kappa shape index (κ1) is 14.2. The summed E-state index contributed by atoms with van der Waals surface area (Å²) in [6.07, 6.45) is 0.606. The largest absolute Gasteiger partial charge is 0.357 e. The van der Waals surface area contributed by atoms with Crippen LogP contribution in [0.5, 0.6) is 0 Å². The molecule has 0 aromatic carbocycles. The molecule has 0 saturated heterocycles. The monoisotopic (exact) mass is 234 g/mol. The molecule has 0 saturated carbocycles. The van der Waals surface area contributed by atoms with Crippen LogP contribution in [0.2, 0.25) is 0 Å². The smallest absolute Gasteiger partial charge is 0.242 e. The third kappa shape index (κ3) is 5.62. The molecule has 0 rings (SSSR count). The van der Waals surface area contributed by atoms with E-state index < -0.39 is 11.4 Å². The number of amides is 2. The van der Waals surface area contributed by atoms with Crippen LogP contribution in [0.3, 0.4) is 0 Å². The molecule has 0 aromatic heterocycles. The minimum Gasteiger partial charge on any atom is -0.357 e. The number of carbonyl (C=O) groups is 2. The van der Waals surface area contributed by atoms with Gasteiger partial charge < -0.3 is 10.6 Å². The maximum atomic E-state index is 11.4. The Hall–Kier alpha value is -0.770. The van der Waals surface area contributed by atoms with Crippen LogP contribution in [0.25, 0.3) is 0 Å². The lowest BCUT2D eigenvalue weighted by molar-refractivity contribution is -0.128. The summed E-state index contributed by atoms with van der Waals surface area (Å²) in [6, 6.07) is -0.497. The Kier molecular flexibility index (Phi) is 6.32. The minimum atomic E-state index is -0.621. The standard InChI is InChI=1S/C10H19ClN2O2/c1-6(2)5-8(10(15)12-4)13-9(14)7(3)11/h6-8H,5H2,1-4H3,(H,12,15)(H,13,14). The van der Waals surface area contributed by atoms with E-state index in [0.717, 1.165) is 0 Å². The molecule has 0 bridgehead atoms. The summed E-state index contributed by atoms with van der Waals surface area (Å²) in [5.41, 5.74) is 0. The van der Waals surface area contributed by atoms with E-state index in [1.54, 1.807) is 14.0 Å². The molecule has 0 aliphatic rings. The van der Waals surface area contributed by atoms with Crippen LogP contribution in [-0.4, -0.2) is 30.3 Å². The summed E-state index contributed by atoms with van der Waals surface area (Å²) >= 11 is 5.61. The molecule has 0 aromatic rings. The van der Waals surface area contributed by atoms with Gasteiger partial charge in [0.25, 0.3) is 0 Å². The van der Waals surface area contributed by atoms with Crippen molar-refractivity contribution in [2.24, 2.45) is 5.92 Å².